The monoisotopic (exact) mass is 276 g/mol. The van der Waals surface area contributed by atoms with Crippen LogP contribution in [0.3, 0.4) is 0 Å². The smallest absolute Gasteiger partial charge is 0.310 e. The Morgan fingerprint density at radius 3 is 1.58 bits per heavy atom. The molecule has 0 aromatic carbocycles. The number of ether oxygens (including phenoxy) is 3. The highest BCUT2D eigenvalue weighted by Gasteiger charge is 2.38. The summed E-state index contributed by atoms with van der Waals surface area (Å²) in [7, 11) is 3.24. The van der Waals surface area contributed by atoms with E-state index in [1.54, 1.807) is 0 Å². The molecule has 0 bridgehead atoms. The van der Waals surface area contributed by atoms with Crippen LogP contribution in [0.1, 0.15) is 12.8 Å². The molecular formula is C11H16O8. The van der Waals surface area contributed by atoms with Gasteiger partial charge in [-0.25, -0.2) is 0 Å². The van der Waals surface area contributed by atoms with Crippen molar-refractivity contribution in [1.82, 2.24) is 0 Å². The van der Waals surface area contributed by atoms with Crippen molar-refractivity contribution in [3.05, 3.63) is 0 Å². The molecule has 0 radical (unpaired) electrons. The van der Waals surface area contributed by atoms with Gasteiger partial charge in [0.2, 0.25) is 0 Å². The van der Waals surface area contributed by atoms with Gasteiger partial charge in [-0.2, -0.15) is 0 Å². The largest absolute Gasteiger partial charge is 0.481 e. The van der Waals surface area contributed by atoms with E-state index < -0.39 is 48.6 Å². The lowest BCUT2D eigenvalue weighted by Gasteiger charge is -2.20. The van der Waals surface area contributed by atoms with Crippen LogP contribution in [0.15, 0.2) is 0 Å². The lowest BCUT2D eigenvalue weighted by atomic mass is 9.87. The van der Waals surface area contributed by atoms with Crippen LogP contribution in [-0.4, -0.2) is 50.3 Å². The number of aliphatic carboxylic acids is 1. The Morgan fingerprint density at radius 2 is 1.26 bits per heavy atom. The number of carbonyl (C=O) groups is 4. The molecule has 8 heteroatoms. The van der Waals surface area contributed by atoms with Crippen LogP contribution >= 0.6 is 0 Å². The summed E-state index contributed by atoms with van der Waals surface area (Å²) in [5, 5.41) is 8.75. The minimum Gasteiger partial charge on any atom is -0.481 e. The zero-order valence-corrected chi connectivity index (χ0v) is 10.9. The second-order valence-electron chi connectivity index (χ2n) is 3.64. The van der Waals surface area contributed by atoms with Gasteiger partial charge in [0.25, 0.3) is 0 Å². The standard InChI is InChI=1S/C11H16O8/c1-17-9(14)5-7(11(16)19-3)6(4-8(12)13)10(15)18-2/h6-7H,4-5H2,1-3H3,(H,12,13). The lowest BCUT2D eigenvalue weighted by Crippen LogP contribution is -2.35. The van der Waals surface area contributed by atoms with Crippen molar-refractivity contribution in [2.45, 2.75) is 12.8 Å². The van der Waals surface area contributed by atoms with Gasteiger partial charge in [-0.3, -0.25) is 19.2 Å². The minimum absolute atomic E-state index is 0.462. The van der Waals surface area contributed by atoms with E-state index in [0.29, 0.717) is 0 Å². The molecule has 0 amide bonds. The highest BCUT2D eigenvalue weighted by molar-refractivity contribution is 5.88. The topological polar surface area (TPSA) is 116 Å². The molecule has 2 unspecified atom stereocenters. The summed E-state index contributed by atoms with van der Waals surface area (Å²) in [5.41, 5.74) is 0. The van der Waals surface area contributed by atoms with Gasteiger partial charge in [0.15, 0.2) is 0 Å². The first-order chi connectivity index (χ1) is 8.87. The summed E-state index contributed by atoms with van der Waals surface area (Å²) in [6.45, 7) is 0. The summed E-state index contributed by atoms with van der Waals surface area (Å²) in [4.78, 5) is 45.0. The number of methoxy groups -OCH3 is 3. The van der Waals surface area contributed by atoms with Gasteiger partial charge in [0.05, 0.1) is 46.0 Å². The maximum atomic E-state index is 11.6. The molecule has 0 saturated heterocycles. The molecule has 0 rings (SSSR count). The number of carboxylic acid groups (broad SMARTS) is 1. The van der Waals surface area contributed by atoms with E-state index in [4.69, 9.17) is 5.11 Å². The first kappa shape index (κ1) is 16.9. The molecule has 1 N–H and O–H groups in total. The molecule has 0 aromatic rings. The van der Waals surface area contributed by atoms with Crippen molar-refractivity contribution in [2.24, 2.45) is 11.8 Å². The number of carbonyl (C=O) groups excluding carboxylic acids is 3. The molecule has 0 aromatic heterocycles. The molecular weight excluding hydrogens is 260 g/mol. The Hall–Kier alpha value is -2.12. The summed E-state index contributed by atoms with van der Waals surface area (Å²) < 4.78 is 13.3. The first-order valence-corrected chi connectivity index (χ1v) is 5.31. The van der Waals surface area contributed by atoms with Gasteiger partial charge in [-0.05, 0) is 0 Å². The van der Waals surface area contributed by atoms with Gasteiger partial charge in [-0.15, -0.1) is 0 Å². The van der Waals surface area contributed by atoms with Gasteiger partial charge in [0, 0.05) is 0 Å². The minimum atomic E-state index is -1.31. The van der Waals surface area contributed by atoms with E-state index in [1.807, 2.05) is 0 Å². The van der Waals surface area contributed by atoms with Gasteiger partial charge < -0.3 is 19.3 Å². The highest BCUT2D eigenvalue weighted by Crippen LogP contribution is 2.23. The van der Waals surface area contributed by atoms with Crippen LogP contribution in [0.25, 0.3) is 0 Å². The Kier molecular flexibility index (Phi) is 7.16. The van der Waals surface area contributed by atoms with E-state index in [9.17, 15) is 19.2 Å². The van der Waals surface area contributed by atoms with Crippen molar-refractivity contribution in [2.75, 3.05) is 21.3 Å². The molecule has 0 aliphatic heterocycles. The molecule has 0 spiro atoms. The fourth-order valence-electron chi connectivity index (χ4n) is 1.53. The van der Waals surface area contributed by atoms with Crippen LogP contribution < -0.4 is 0 Å². The second-order valence-corrected chi connectivity index (χ2v) is 3.64. The average Bonchev–Trinajstić information content (AvgIpc) is 2.40. The molecule has 0 aliphatic rings. The summed E-state index contributed by atoms with van der Waals surface area (Å²) >= 11 is 0. The number of hydrogen-bond donors (Lipinski definition) is 1. The maximum absolute atomic E-state index is 11.6. The van der Waals surface area contributed by atoms with E-state index in [2.05, 4.69) is 14.2 Å². The summed E-state index contributed by atoms with van der Waals surface area (Å²) in [5.74, 6) is -6.40. The fourth-order valence-corrected chi connectivity index (χ4v) is 1.53. The zero-order valence-electron chi connectivity index (χ0n) is 10.9. The molecule has 8 nitrogen and oxygen atoms in total. The van der Waals surface area contributed by atoms with Crippen LogP contribution in [0.5, 0.6) is 0 Å². The normalized spacial score (nSPS) is 13.0. The van der Waals surface area contributed by atoms with Gasteiger partial charge >= 0.3 is 23.9 Å². The molecule has 19 heavy (non-hydrogen) atoms. The third kappa shape index (κ3) is 5.36. The fraction of sp³-hybridized carbons (Fsp3) is 0.636. The zero-order chi connectivity index (χ0) is 15.0. The van der Waals surface area contributed by atoms with Gasteiger partial charge in [0.1, 0.15) is 0 Å². The molecule has 0 heterocycles. The quantitative estimate of drug-likeness (QED) is 0.493. The van der Waals surface area contributed by atoms with E-state index in [1.165, 1.54) is 0 Å². The third-order valence-electron chi connectivity index (χ3n) is 2.50. The van der Waals surface area contributed by atoms with E-state index >= 15 is 0 Å². The van der Waals surface area contributed by atoms with E-state index in [-0.39, 0.29) is 0 Å². The maximum Gasteiger partial charge on any atom is 0.310 e. The average molecular weight is 276 g/mol. The number of esters is 3. The SMILES string of the molecule is COC(=O)CC(C(=O)OC)C(CC(=O)O)C(=O)OC. The van der Waals surface area contributed by atoms with Crippen molar-refractivity contribution in [3.8, 4) is 0 Å². The highest BCUT2D eigenvalue weighted by atomic mass is 16.5. The van der Waals surface area contributed by atoms with Gasteiger partial charge in [-0.1, -0.05) is 0 Å². The predicted octanol–water partition coefficient (Wildman–Crippen LogP) is -0.397. The van der Waals surface area contributed by atoms with Crippen molar-refractivity contribution < 1.29 is 38.5 Å². The predicted molar refractivity (Wildman–Crippen MR) is 59.9 cm³/mol. The number of carboxylic acids is 1. The van der Waals surface area contributed by atoms with E-state index in [0.717, 1.165) is 21.3 Å². The van der Waals surface area contributed by atoms with Crippen LogP contribution in [0.4, 0.5) is 0 Å². The number of rotatable bonds is 7. The van der Waals surface area contributed by atoms with Crippen molar-refractivity contribution >= 4 is 23.9 Å². The Labute approximate surface area is 109 Å². The van der Waals surface area contributed by atoms with Crippen molar-refractivity contribution in [1.29, 1.82) is 0 Å². The first-order valence-electron chi connectivity index (χ1n) is 5.31. The molecule has 2 atom stereocenters. The van der Waals surface area contributed by atoms with Crippen LogP contribution in [0.2, 0.25) is 0 Å². The lowest BCUT2D eigenvalue weighted by molar-refractivity contribution is -0.163. The second kappa shape index (κ2) is 8.06. The molecule has 0 fully saturated rings. The Balaban J connectivity index is 5.21. The van der Waals surface area contributed by atoms with Crippen LogP contribution in [0, 0.1) is 11.8 Å². The summed E-state index contributed by atoms with van der Waals surface area (Å²) in [6.07, 6.45) is -1.11. The Morgan fingerprint density at radius 1 is 0.842 bits per heavy atom. The van der Waals surface area contributed by atoms with Crippen molar-refractivity contribution in [3.63, 3.8) is 0 Å². The molecule has 108 valence electrons. The molecule has 0 aliphatic carbocycles. The molecule has 0 saturated carbocycles. The number of hydrogen-bond acceptors (Lipinski definition) is 7. The Bertz CT molecular complexity index is 362. The third-order valence-corrected chi connectivity index (χ3v) is 2.50. The van der Waals surface area contributed by atoms with Crippen LogP contribution in [-0.2, 0) is 33.4 Å². The summed E-state index contributed by atoms with van der Waals surface area (Å²) in [6, 6.07) is 0.